The Bertz CT molecular complexity index is 1920. The predicted octanol–water partition coefficient (Wildman–Crippen LogP) is 5.93. The van der Waals surface area contributed by atoms with Gasteiger partial charge in [0.05, 0.1) is 30.6 Å². The van der Waals surface area contributed by atoms with Gasteiger partial charge in [0, 0.05) is 29.3 Å². The smallest absolute Gasteiger partial charge is 0.253 e. The summed E-state index contributed by atoms with van der Waals surface area (Å²) in [6.07, 6.45) is 3.35. The van der Waals surface area contributed by atoms with Crippen LogP contribution in [0.2, 0.25) is 0 Å². The molecular weight excluding hydrogens is 694 g/mol. The van der Waals surface area contributed by atoms with Crippen LogP contribution >= 0.6 is 15.9 Å². The number of hydrogen-bond donors (Lipinski definition) is 1. The van der Waals surface area contributed by atoms with Gasteiger partial charge in [0.15, 0.2) is 0 Å². The highest BCUT2D eigenvalue weighted by Gasteiger charge is 2.77. The van der Waals surface area contributed by atoms with E-state index in [0.717, 1.165) is 16.3 Å². The third kappa shape index (κ3) is 5.67. The van der Waals surface area contributed by atoms with Gasteiger partial charge in [0.2, 0.25) is 11.8 Å². The molecule has 3 unspecified atom stereocenters. The van der Waals surface area contributed by atoms with E-state index in [2.05, 4.69) is 29.1 Å². The number of rotatable bonds is 12. The first kappa shape index (κ1) is 33.9. The molecule has 3 fully saturated rings. The number of hydrogen-bond acceptors (Lipinski definition) is 5. The number of para-hydroxylation sites is 1. The average molecular weight is 735 g/mol. The Morgan fingerprint density at radius 2 is 1.50 bits per heavy atom. The van der Waals surface area contributed by atoms with Crippen LogP contribution in [0.3, 0.4) is 0 Å². The summed E-state index contributed by atoms with van der Waals surface area (Å²) in [5.41, 5.74) is 0.932. The van der Waals surface area contributed by atoms with E-state index < -0.39 is 35.6 Å². The van der Waals surface area contributed by atoms with Crippen molar-refractivity contribution >= 4 is 55.8 Å². The van der Waals surface area contributed by atoms with Gasteiger partial charge in [-0.25, -0.2) is 0 Å². The second kappa shape index (κ2) is 14.0. The Hall–Kier alpha value is -4.57. The molecule has 8 nitrogen and oxygen atoms in total. The van der Waals surface area contributed by atoms with Crippen molar-refractivity contribution in [2.45, 2.75) is 41.5 Å². The van der Waals surface area contributed by atoms with Gasteiger partial charge in [-0.05, 0) is 53.4 Å². The number of halogens is 1. The summed E-state index contributed by atoms with van der Waals surface area (Å²) in [5.74, 6) is -2.78. The van der Waals surface area contributed by atoms with E-state index >= 15 is 9.59 Å². The zero-order chi connectivity index (χ0) is 35.0. The standard InChI is InChI=1S/C41H40BrN3O5/c1-3-21-43(30-17-9-6-10-18-30)38(47)34-35-39(48)45(32(26-46)23-27-13-7-5-8-14-27)37(41(35)25-33(42)36(34)50-41)40(49)44(22-4-2)31-20-19-28-15-11-12-16-29(28)24-31/h3-20,24,32-37,46H,1-2,21-23,25-26H2/t32-,33?,34+,35+,36+,37?,41?/m1/s1. The zero-order valence-corrected chi connectivity index (χ0v) is 29.3. The van der Waals surface area contributed by atoms with Crippen molar-refractivity contribution in [3.05, 3.63) is 134 Å². The van der Waals surface area contributed by atoms with Crippen molar-refractivity contribution in [3.8, 4) is 0 Å². The Kier molecular flexibility index (Phi) is 9.48. The largest absolute Gasteiger partial charge is 0.394 e. The van der Waals surface area contributed by atoms with Crippen LogP contribution in [-0.2, 0) is 25.5 Å². The molecule has 50 heavy (non-hydrogen) atoms. The van der Waals surface area contributed by atoms with Crippen molar-refractivity contribution < 1.29 is 24.2 Å². The predicted molar refractivity (Wildman–Crippen MR) is 199 cm³/mol. The van der Waals surface area contributed by atoms with Gasteiger partial charge in [0.25, 0.3) is 5.91 Å². The molecule has 0 saturated carbocycles. The molecule has 256 valence electrons. The number of alkyl halides is 1. The van der Waals surface area contributed by atoms with E-state index in [1.54, 1.807) is 26.9 Å². The van der Waals surface area contributed by atoms with Gasteiger partial charge >= 0.3 is 0 Å². The topological polar surface area (TPSA) is 90.4 Å². The summed E-state index contributed by atoms with van der Waals surface area (Å²) in [7, 11) is 0. The molecular formula is C41H40BrN3O5. The first-order valence-corrected chi connectivity index (χ1v) is 17.9. The second-order valence-electron chi connectivity index (χ2n) is 13.3. The number of anilines is 2. The number of aliphatic hydroxyl groups excluding tert-OH is 1. The van der Waals surface area contributed by atoms with Crippen molar-refractivity contribution in [2.24, 2.45) is 11.8 Å². The summed E-state index contributed by atoms with van der Waals surface area (Å²) in [5, 5.41) is 12.9. The van der Waals surface area contributed by atoms with Gasteiger partial charge < -0.3 is 24.5 Å². The number of carbonyl (C=O) groups excluding carboxylic acids is 3. The van der Waals surface area contributed by atoms with Gasteiger partial charge in [-0.3, -0.25) is 14.4 Å². The Morgan fingerprint density at radius 3 is 2.16 bits per heavy atom. The lowest BCUT2D eigenvalue weighted by atomic mass is 9.70. The zero-order valence-electron chi connectivity index (χ0n) is 27.7. The average Bonchev–Trinajstić information content (AvgIpc) is 3.75. The lowest BCUT2D eigenvalue weighted by Crippen LogP contribution is -2.59. The third-order valence-electron chi connectivity index (χ3n) is 10.4. The fourth-order valence-electron chi connectivity index (χ4n) is 8.34. The number of fused-ring (bicyclic) bond motifs is 2. The fraction of sp³-hybridized carbons (Fsp3) is 0.293. The van der Waals surface area contributed by atoms with Crippen LogP contribution in [0.25, 0.3) is 10.8 Å². The molecule has 3 saturated heterocycles. The van der Waals surface area contributed by atoms with Crippen molar-refractivity contribution in [1.29, 1.82) is 0 Å². The monoisotopic (exact) mass is 733 g/mol. The maximum atomic E-state index is 15.3. The summed E-state index contributed by atoms with van der Waals surface area (Å²) in [4.78, 5) is 49.5. The van der Waals surface area contributed by atoms with Crippen LogP contribution in [0.15, 0.2) is 128 Å². The molecule has 9 heteroatoms. The molecule has 7 atom stereocenters. The highest BCUT2D eigenvalue weighted by atomic mass is 79.9. The summed E-state index contributed by atoms with van der Waals surface area (Å²) < 4.78 is 6.87. The van der Waals surface area contributed by atoms with Crippen molar-refractivity contribution in [3.63, 3.8) is 0 Å². The van der Waals surface area contributed by atoms with Crippen LogP contribution in [-0.4, -0.2) is 76.0 Å². The maximum absolute atomic E-state index is 15.3. The molecule has 3 aliphatic rings. The van der Waals surface area contributed by atoms with Gasteiger partial charge in [-0.15, -0.1) is 13.2 Å². The number of ether oxygens (including phenoxy) is 1. The molecule has 2 bridgehead atoms. The van der Waals surface area contributed by atoms with Crippen LogP contribution < -0.4 is 9.80 Å². The summed E-state index contributed by atoms with van der Waals surface area (Å²) in [6.45, 7) is 7.88. The quantitative estimate of drug-likeness (QED) is 0.144. The normalized spacial score (nSPS) is 25.7. The van der Waals surface area contributed by atoms with Gasteiger partial charge in [-0.2, -0.15) is 0 Å². The van der Waals surface area contributed by atoms with E-state index in [4.69, 9.17) is 4.74 Å². The molecule has 0 aliphatic carbocycles. The Balaban J connectivity index is 1.35. The number of amides is 3. The Morgan fingerprint density at radius 1 is 0.880 bits per heavy atom. The molecule has 3 aliphatic heterocycles. The van der Waals surface area contributed by atoms with E-state index in [1.165, 1.54) is 0 Å². The van der Waals surface area contributed by atoms with Crippen molar-refractivity contribution in [1.82, 2.24) is 4.90 Å². The Labute approximate surface area is 300 Å². The summed E-state index contributed by atoms with van der Waals surface area (Å²) >= 11 is 3.81. The number of benzene rings is 4. The van der Waals surface area contributed by atoms with Gasteiger partial charge in [0.1, 0.15) is 11.6 Å². The van der Waals surface area contributed by atoms with Crippen LogP contribution in [0.5, 0.6) is 0 Å². The fourth-order valence-corrected chi connectivity index (χ4v) is 9.29. The minimum Gasteiger partial charge on any atom is -0.394 e. The molecule has 0 radical (unpaired) electrons. The highest BCUT2D eigenvalue weighted by molar-refractivity contribution is 9.09. The number of nitrogens with zero attached hydrogens (tertiary/aromatic N) is 3. The van der Waals surface area contributed by atoms with E-state index in [0.29, 0.717) is 24.2 Å². The third-order valence-corrected chi connectivity index (χ3v) is 11.3. The van der Waals surface area contributed by atoms with Gasteiger partial charge in [-0.1, -0.05) is 107 Å². The highest BCUT2D eigenvalue weighted by Crippen LogP contribution is 2.61. The lowest BCUT2D eigenvalue weighted by Gasteiger charge is -2.39. The molecule has 1 N–H and O–H groups in total. The maximum Gasteiger partial charge on any atom is 0.253 e. The van der Waals surface area contributed by atoms with E-state index in [9.17, 15) is 9.90 Å². The van der Waals surface area contributed by atoms with E-state index in [-0.39, 0.29) is 42.2 Å². The molecule has 3 heterocycles. The number of aliphatic hydroxyl groups is 1. The van der Waals surface area contributed by atoms with Crippen LogP contribution in [0, 0.1) is 11.8 Å². The first-order valence-electron chi connectivity index (χ1n) is 17.0. The van der Waals surface area contributed by atoms with Crippen molar-refractivity contribution in [2.75, 3.05) is 29.5 Å². The minimum atomic E-state index is -1.32. The number of likely N-dealkylation sites (tertiary alicyclic amines) is 1. The molecule has 4 aromatic carbocycles. The molecule has 3 amide bonds. The summed E-state index contributed by atoms with van der Waals surface area (Å²) in [6, 6.07) is 30.8. The molecule has 4 aromatic rings. The lowest BCUT2D eigenvalue weighted by molar-refractivity contribution is -0.144. The van der Waals surface area contributed by atoms with Crippen LogP contribution in [0.4, 0.5) is 11.4 Å². The van der Waals surface area contributed by atoms with Crippen LogP contribution in [0.1, 0.15) is 12.0 Å². The minimum absolute atomic E-state index is 0.184. The first-order chi connectivity index (χ1) is 24.3. The second-order valence-corrected chi connectivity index (χ2v) is 14.5. The molecule has 1 spiro atoms. The molecule has 0 aromatic heterocycles. The van der Waals surface area contributed by atoms with E-state index in [1.807, 2.05) is 103 Å². The molecule has 7 rings (SSSR count). The SMILES string of the molecule is C=CCN(C(=O)C1N([C@@H](CO)Cc2ccccc2)C(=O)[C@@H]2[C@H](C(=O)N(CC=C)c3ccccc3)[C@H]3OC12CC3Br)c1ccc2ccccc2c1. The number of carbonyl (C=O) groups is 3.